The van der Waals surface area contributed by atoms with Gasteiger partial charge in [-0.1, -0.05) is 57.2 Å². The molecule has 0 saturated heterocycles. The molecule has 1 nitrogen and oxygen atoms in total. The fourth-order valence-electron chi connectivity index (χ4n) is 2.12. The predicted molar refractivity (Wildman–Crippen MR) is 75.3 cm³/mol. The first-order chi connectivity index (χ1) is 8.52. The Bertz CT molecular complexity index is 583. The zero-order valence-corrected chi connectivity index (χ0v) is 11.1. The van der Waals surface area contributed by atoms with Crippen molar-refractivity contribution in [1.82, 2.24) is 0 Å². The lowest BCUT2D eigenvalue weighted by Crippen LogP contribution is -2.12. The average molecular weight is 235 g/mol. The van der Waals surface area contributed by atoms with E-state index in [0.29, 0.717) is 5.56 Å². The zero-order chi connectivity index (χ0) is 13.2. The highest BCUT2D eigenvalue weighted by atomic mass is 14.3. The van der Waals surface area contributed by atoms with Gasteiger partial charge < -0.3 is 0 Å². The van der Waals surface area contributed by atoms with Gasteiger partial charge >= 0.3 is 0 Å². The molecular weight excluding hydrogens is 218 g/mol. The van der Waals surface area contributed by atoms with E-state index in [0.717, 1.165) is 5.56 Å². The average Bonchev–Trinajstić information content (AvgIpc) is 2.38. The van der Waals surface area contributed by atoms with Crippen LogP contribution in [0.1, 0.15) is 31.9 Å². The Kier molecular flexibility index (Phi) is 3.21. The van der Waals surface area contributed by atoms with E-state index in [1.165, 1.54) is 11.1 Å². The van der Waals surface area contributed by atoms with E-state index in [2.05, 4.69) is 45.0 Å². The van der Waals surface area contributed by atoms with Gasteiger partial charge in [0.05, 0.1) is 11.6 Å². The number of hydrogen-bond acceptors (Lipinski definition) is 1. The summed E-state index contributed by atoms with van der Waals surface area (Å²) in [5, 5.41) is 9.05. The van der Waals surface area contributed by atoms with E-state index in [4.69, 9.17) is 5.26 Å². The van der Waals surface area contributed by atoms with E-state index < -0.39 is 0 Å². The standard InChI is InChI=1S/C17H17N/c1-17(2,3)16-10-9-13(12-18)11-15(16)14-7-5-4-6-8-14/h4-11H,1-3H3. The highest BCUT2D eigenvalue weighted by molar-refractivity contribution is 5.70. The molecule has 0 atom stereocenters. The molecule has 0 bridgehead atoms. The van der Waals surface area contributed by atoms with Crippen LogP contribution in [0.2, 0.25) is 0 Å². The quantitative estimate of drug-likeness (QED) is 0.712. The van der Waals surface area contributed by atoms with Crippen LogP contribution >= 0.6 is 0 Å². The third kappa shape index (κ3) is 2.43. The largest absolute Gasteiger partial charge is 0.192 e. The van der Waals surface area contributed by atoms with Crippen LogP contribution in [0, 0.1) is 11.3 Å². The lowest BCUT2D eigenvalue weighted by Gasteiger charge is -2.23. The van der Waals surface area contributed by atoms with Gasteiger partial charge in [-0.2, -0.15) is 5.26 Å². The van der Waals surface area contributed by atoms with Gasteiger partial charge in [0, 0.05) is 0 Å². The Hall–Kier alpha value is -2.07. The number of nitrogens with zero attached hydrogens (tertiary/aromatic N) is 1. The first kappa shape index (κ1) is 12.4. The Morgan fingerprint density at radius 1 is 0.944 bits per heavy atom. The third-order valence-electron chi connectivity index (χ3n) is 3.04. The molecule has 0 aliphatic rings. The Morgan fingerprint density at radius 3 is 2.17 bits per heavy atom. The molecule has 0 N–H and O–H groups in total. The van der Waals surface area contributed by atoms with Crippen LogP contribution in [0.15, 0.2) is 48.5 Å². The minimum atomic E-state index is 0.0686. The summed E-state index contributed by atoms with van der Waals surface area (Å²) < 4.78 is 0. The molecule has 90 valence electrons. The van der Waals surface area contributed by atoms with E-state index in [-0.39, 0.29) is 5.41 Å². The number of hydrogen-bond donors (Lipinski definition) is 0. The maximum atomic E-state index is 9.05. The molecule has 0 aliphatic heterocycles. The fourth-order valence-corrected chi connectivity index (χ4v) is 2.12. The summed E-state index contributed by atoms with van der Waals surface area (Å²) in [7, 11) is 0. The molecule has 0 amide bonds. The molecule has 18 heavy (non-hydrogen) atoms. The third-order valence-corrected chi connectivity index (χ3v) is 3.04. The van der Waals surface area contributed by atoms with Crippen LogP contribution in [-0.2, 0) is 5.41 Å². The summed E-state index contributed by atoms with van der Waals surface area (Å²) in [5.41, 5.74) is 4.37. The van der Waals surface area contributed by atoms with Crippen molar-refractivity contribution in [1.29, 1.82) is 5.26 Å². The summed E-state index contributed by atoms with van der Waals surface area (Å²) >= 11 is 0. The topological polar surface area (TPSA) is 23.8 Å². The molecule has 0 saturated carbocycles. The second-order valence-electron chi connectivity index (χ2n) is 5.49. The summed E-state index contributed by atoms with van der Waals surface area (Å²) in [6.07, 6.45) is 0. The van der Waals surface area contributed by atoms with Crippen molar-refractivity contribution >= 4 is 0 Å². The van der Waals surface area contributed by atoms with Crippen LogP contribution in [0.25, 0.3) is 11.1 Å². The fraction of sp³-hybridized carbons (Fsp3) is 0.235. The lowest BCUT2D eigenvalue weighted by atomic mass is 9.81. The molecule has 1 heteroatoms. The van der Waals surface area contributed by atoms with Gasteiger partial charge in [0.2, 0.25) is 0 Å². The van der Waals surface area contributed by atoms with Gasteiger partial charge in [-0.3, -0.25) is 0 Å². The van der Waals surface area contributed by atoms with Crippen molar-refractivity contribution in [2.45, 2.75) is 26.2 Å². The first-order valence-electron chi connectivity index (χ1n) is 6.12. The first-order valence-corrected chi connectivity index (χ1v) is 6.12. The van der Waals surface area contributed by atoms with Gasteiger partial charge in [0.15, 0.2) is 0 Å². The maximum absolute atomic E-state index is 9.05. The van der Waals surface area contributed by atoms with E-state index in [9.17, 15) is 0 Å². The Balaban J connectivity index is 2.67. The van der Waals surface area contributed by atoms with E-state index >= 15 is 0 Å². The van der Waals surface area contributed by atoms with Crippen molar-refractivity contribution in [3.8, 4) is 17.2 Å². The van der Waals surface area contributed by atoms with Gasteiger partial charge in [-0.05, 0) is 34.2 Å². The van der Waals surface area contributed by atoms with Crippen LogP contribution < -0.4 is 0 Å². The summed E-state index contributed by atoms with van der Waals surface area (Å²) in [6.45, 7) is 6.59. The van der Waals surface area contributed by atoms with E-state index in [1.54, 1.807) is 0 Å². The number of benzene rings is 2. The minimum absolute atomic E-state index is 0.0686. The van der Waals surface area contributed by atoms with Crippen LogP contribution in [-0.4, -0.2) is 0 Å². The summed E-state index contributed by atoms with van der Waals surface area (Å²) in [6, 6.07) is 18.4. The second-order valence-corrected chi connectivity index (χ2v) is 5.49. The van der Waals surface area contributed by atoms with Gasteiger partial charge in [0.25, 0.3) is 0 Å². The molecule has 2 aromatic carbocycles. The molecule has 0 aromatic heterocycles. The second kappa shape index (κ2) is 4.66. The Labute approximate surface area is 109 Å². The summed E-state index contributed by atoms with van der Waals surface area (Å²) in [4.78, 5) is 0. The minimum Gasteiger partial charge on any atom is -0.192 e. The lowest BCUT2D eigenvalue weighted by molar-refractivity contribution is 0.592. The summed E-state index contributed by atoms with van der Waals surface area (Å²) in [5.74, 6) is 0. The van der Waals surface area contributed by atoms with Gasteiger partial charge in [0.1, 0.15) is 0 Å². The highest BCUT2D eigenvalue weighted by Crippen LogP contribution is 2.33. The van der Waals surface area contributed by atoms with Crippen LogP contribution in [0.3, 0.4) is 0 Å². The predicted octanol–water partition coefficient (Wildman–Crippen LogP) is 4.52. The van der Waals surface area contributed by atoms with Crippen molar-refractivity contribution in [3.63, 3.8) is 0 Å². The van der Waals surface area contributed by atoms with E-state index in [1.807, 2.05) is 30.3 Å². The molecule has 0 unspecified atom stereocenters. The van der Waals surface area contributed by atoms with Crippen molar-refractivity contribution in [3.05, 3.63) is 59.7 Å². The van der Waals surface area contributed by atoms with Crippen LogP contribution in [0.5, 0.6) is 0 Å². The smallest absolute Gasteiger partial charge is 0.0991 e. The van der Waals surface area contributed by atoms with Crippen molar-refractivity contribution < 1.29 is 0 Å². The van der Waals surface area contributed by atoms with Crippen molar-refractivity contribution in [2.75, 3.05) is 0 Å². The molecule has 0 aliphatic carbocycles. The molecule has 0 radical (unpaired) electrons. The van der Waals surface area contributed by atoms with Gasteiger partial charge in [-0.25, -0.2) is 0 Å². The molecular formula is C17H17N. The zero-order valence-electron chi connectivity index (χ0n) is 11.1. The molecule has 0 spiro atoms. The number of nitriles is 1. The van der Waals surface area contributed by atoms with Gasteiger partial charge in [-0.15, -0.1) is 0 Å². The SMILES string of the molecule is CC(C)(C)c1ccc(C#N)cc1-c1ccccc1. The molecule has 0 heterocycles. The Morgan fingerprint density at radius 2 is 1.61 bits per heavy atom. The monoisotopic (exact) mass is 235 g/mol. The molecule has 2 rings (SSSR count). The number of rotatable bonds is 1. The van der Waals surface area contributed by atoms with Crippen molar-refractivity contribution in [2.24, 2.45) is 0 Å². The highest BCUT2D eigenvalue weighted by Gasteiger charge is 2.18. The maximum Gasteiger partial charge on any atom is 0.0991 e. The molecule has 2 aromatic rings. The van der Waals surface area contributed by atoms with Crippen LogP contribution in [0.4, 0.5) is 0 Å². The normalized spacial score (nSPS) is 11.0. The molecule has 0 fully saturated rings.